The Morgan fingerprint density at radius 3 is 0.702 bits per heavy atom. The molecular formula is C80H154O4. The van der Waals surface area contributed by atoms with Crippen molar-refractivity contribution in [3.05, 3.63) is 24.3 Å². The molecule has 4 heteroatoms. The summed E-state index contributed by atoms with van der Waals surface area (Å²) >= 11 is 0. The number of unbranched alkanes of at least 4 members (excludes halogenated alkanes) is 50. The lowest BCUT2D eigenvalue weighted by molar-refractivity contribution is -0.144. The fourth-order valence-electron chi connectivity index (χ4n) is 12.6. The number of hydrogen-bond acceptors (Lipinski definition) is 4. The summed E-state index contributed by atoms with van der Waals surface area (Å²) in [4.78, 5) is 24.3. The van der Waals surface area contributed by atoms with E-state index in [1.54, 1.807) is 0 Å². The minimum Gasteiger partial charge on any atom is -0.466 e. The molecular weight excluding hydrogens is 1020 g/mol. The Morgan fingerprint density at radius 1 is 0.250 bits per heavy atom. The minimum absolute atomic E-state index is 0.0186. The fraction of sp³-hybridized carbons (Fsp3) is 0.925. The van der Waals surface area contributed by atoms with Crippen molar-refractivity contribution in [1.29, 1.82) is 0 Å². The standard InChI is InChI=1S/C80H154O4/c1-6-7-8-9-10-31-42-51-60-69-78(70-61-52-43-34-25-17-13-11-15-19-27-36-45-54-63-72-79(81)83-74-65-56-47-38-29-21-23-32-40-49-58-67-76(2)3)71-62-53-44-35-26-18-14-12-16-20-28-37-46-55-64-73-80(82)84-75-66-57-48-39-30-22-24-33-41-50-59-68-77(4)5/h11-12,15-16,76-78H,6-10,13-14,17-75H2,1-5H3/b15-11-,16-12-. The second-order valence-electron chi connectivity index (χ2n) is 28.0. The third-order valence-electron chi connectivity index (χ3n) is 18.4. The number of esters is 2. The molecule has 0 bridgehead atoms. The average Bonchev–Trinajstić information content (AvgIpc) is 3.48. The molecule has 0 aromatic carbocycles. The predicted molar refractivity (Wildman–Crippen MR) is 375 cm³/mol. The van der Waals surface area contributed by atoms with Crippen molar-refractivity contribution < 1.29 is 19.1 Å². The van der Waals surface area contributed by atoms with Gasteiger partial charge < -0.3 is 9.47 Å². The number of carbonyl (C=O) groups excluding carboxylic acids is 2. The zero-order valence-electron chi connectivity index (χ0n) is 58.3. The van der Waals surface area contributed by atoms with E-state index in [1.807, 2.05) is 0 Å². The highest BCUT2D eigenvalue weighted by Gasteiger charge is 2.10. The number of rotatable bonds is 72. The molecule has 0 aliphatic rings. The highest BCUT2D eigenvalue weighted by molar-refractivity contribution is 5.69. The van der Waals surface area contributed by atoms with Crippen LogP contribution in [0.4, 0.5) is 0 Å². The molecule has 0 fully saturated rings. The summed E-state index contributed by atoms with van der Waals surface area (Å²) in [7, 11) is 0. The number of ether oxygens (including phenoxy) is 2. The van der Waals surface area contributed by atoms with Crippen molar-refractivity contribution in [2.75, 3.05) is 13.2 Å². The highest BCUT2D eigenvalue weighted by atomic mass is 16.5. The average molecular weight is 1180 g/mol. The van der Waals surface area contributed by atoms with Gasteiger partial charge in [-0.1, -0.05) is 380 Å². The Hall–Kier alpha value is -1.58. The van der Waals surface area contributed by atoms with E-state index < -0.39 is 0 Å². The highest BCUT2D eigenvalue weighted by Crippen LogP contribution is 2.26. The first kappa shape index (κ1) is 82.4. The molecule has 0 aromatic heterocycles. The first-order chi connectivity index (χ1) is 41.3. The lowest BCUT2D eigenvalue weighted by atomic mass is 9.89. The number of carbonyl (C=O) groups is 2. The van der Waals surface area contributed by atoms with Crippen molar-refractivity contribution in [2.24, 2.45) is 17.8 Å². The zero-order chi connectivity index (χ0) is 60.8. The number of hydrogen-bond donors (Lipinski definition) is 0. The van der Waals surface area contributed by atoms with Crippen LogP contribution in [0.15, 0.2) is 24.3 Å². The van der Waals surface area contributed by atoms with E-state index in [0.29, 0.717) is 26.1 Å². The molecule has 0 unspecified atom stereocenters. The Labute approximate surface area is 529 Å². The summed E-state index contributed by atoms with van der Waals surface area (Å²) in [6.45, 7) is 12.9. The molecule has 498 valence electrons. The van der Waals surface area contributed by atoms with Crippen LogP contribution >= 0.6 is 0 Å². The first-order valence-electron chi connectivity index (χ1n) is 39.0. The topological polar surface area (TPSA) is 52.6 Å². The summed E-state index contributed by atoms with van der Waals surface area (Å²) < 4.78 is 11.0. The van der Waals surface area contributed by atoms with E-state index in [4.69, 9.17) is 9.47 Å². The predicted octanol–water partition coefficient (Wildman–Crippen LogP) is 28.1. The van der Waals surface area contributed by atoms with Crippen molar-refractivity contribution >= 4 is 11.9 Å². The van der Waals surface area contributed by atoms with Crippen molar-refractivity contribution in [2.45, 2.75) is 446 Å². The quantitative estimate of drug-likeness (QED) is 0.0346. The molecule has 0 aliphatic carbocycles. The van der Waals surface area contributed by atoms with Gasteiger partial charge in [-0.2, -0.15) is 0 Å². The summed E-state index contributed by atoms with van der Waals surface area (Å²) in [6, 6.07) is 0. The van der Waals surface area contributed by atoms with Gasteiger partial charge in [-0.3, -0.25) is 9.59 Å². The normalized spacial score (nSPS) is 12.0. The van der Waals surface area contributed by atoms with Gasteiger partial charge in [0.25, 0.3) is 0 Å². The SMILES string of the molecule is CCCCCCCCCCCC(CCCCCCCC/C=C\CCCCCCCC(=O)OCCCCCCCCCCCCCC(C)C)CCCCCCCC/C=C\CCCCCCCC(=O)OCCCCCCCCCCCCCC(C)C. The Morgan fingerprint density at radius 2 is 0.452 bits per heavy atom. The molecule has 0 heterocycles. The van der Waals surface area contributed by atoms with Gasteiger partial charge in [0.15, 0.2) is 0 Å². The van der Waals surface area contributed by atoms with Crippen LogP contribution in [0.5, 0.6) is 0 Å². The van der Waals surface area contributed by atoms with Gasteiger partial charge >= 0.3 is 11.9 Å². The van der Waals surface area contributed by atoms with Crippen LogP contribution in [0.3, 0.4) is 0 Å². The van der Waals surface area contributed by atoms with Crippen LogP contribution < -0.4 is 0 Å². The Bertz CT molecular complexity index is 1230. The molecule has 0 spiro atoms. The van der Waals surface area contributed by atoms with Gasteiger partial charge in [0, 0.05) is 12.8 Å². The maximum Gasteiger partial charge on any atom is 0.305 e. The summed E-state index contributed by atoms with van der Waals surface area (Å²) in [6.07, 6.45) is 94.4. The van der Waals surface area contributed by atoms with Crippen LogP contribution in [0.1, 0.15) is 446 Å². The third kappa shape index (κ3) is 72.9. The van der Waals surface area contributed by atoms with Gasteiger partial charge in [0.05, 0.1) is 13.2 Å². The molecule has 0 N–H and O–H groups in total. The maximum absolute atomic E-state index is 12.2. The van der Waals surface area contributed by atoms with Crippen LogP contribution in [0, 0.1) is 17.8 Å². The van der Waals surface area contributed by atoms with Gasteiger partial charge in [0.2, 0.25) is 0 Å². The zero-order valence-corrected chi connectivity index (χ0v) is 58.3. The van der Waals surface area contributed by atoms with E-state index in [0.717, 1.165) is 56.3 Å². The first-order valence-corrected chi connectivity index (χ1v) is 39.0. The van der Waals surface area contributed by atoms with Gasteiger partial charge in [0.1, 0.15) is 0 Å². The molecule has 0 saturated heterocycles. The maximum atomic E-state index is 12.2. The van der Waals surface area contributed by atoms with E-state index in [1.165, 1.54) is 360 Å². The Kier molecular flexibility index (Phi) is 70.8. The second kappa shape index (κ2) is 72.2. The second-order valence-corrected chi connectivity index (χ2v) is 28.0. The van der Waals surface area contributed by atoms with Crippen LogP contribution in [-0.2, 0) is 19.1 Å². The minimum atomic E-state index is 0.0186. The molecule has 84 heavy (non-hydrogen) atoms. The summed E-state index contributed by atoms with van der Waals surface area (Å²) in [5, 5.41) is 0. The Balaban J connectivity index is 3.82. The number of allylic oxidation sites excluding steroid dienone is 4. The molecule has 0 rings (SSSR count). The summed E-state index contributed by atoms with van der Waals surface area (Å²) in [5.74, 6) is 2.73. The molecule has 0 radical (unpaired) electrons. The molecule has 4 nitrogen and oxygen atoms in total. The van der Waals surface area contributed by atoms with E-state index in [-0.39, 0.29) is 11.9 Å². The monoisotopic (exact) mass is 1180 g/mol. The largest absolute Gasteiger partial charge is 0.466 e. The van der Waals surface area contributed by atoms with E-state index >= 15 is 0 Å². The van der Waals surface area contributed by atoms with Gasteiger partial charge in [-0.05, 0) is 94.8 Å². The molecule has 0 atom stereocenters. The van der Waals surface area contributed by atoms with Crippen LogP contribution in [-0.4, -0.2) is 25.2 Å². The van der Waals surface area contributed by atoms with Gasteiger partial charge in [-0.15, -0.1) is 0 Å². The van der Waals surface area contributed by atoms with Crippen LogP contribution in [0.2, 0.25) is 0 Å². The fourth-order valence-corrected chi connectivity index (χ4v) is 12.6. The smallest absolute Gasteiger partial charge is 0.305 e. The van der Waals surface area contributed by atoms with E-state index in [9.17, 15) is 9.59 Å². The molecule has 0 amide bonds. The molecule has 0 aromatic rings. The lowest BCUT2D eigenvalue weighted by Crippen LogP contribution is -2.05. The van der Waals surface area contributed by atoms with Crippen molar-refractivity contribution in [3.8, 4) is 0 Å². The van der Waals surface area contributed by atoms with Gasteiger partial charge in [-0.25, -0.2) is 0 Å². The lowest BCUT2D eigenvalue weighted by Gasteiger charge is -2.17. The molecule has 0 saturated carbocycles. The van der Waals surface area contributed by atoms with Crippen LogP contribution in [0.25, 0.3) is 0 Å². The van der Waals surface area contributed by atoms with Crippen molar-refractivity contribution in [3.63, 3.8) is 0 Å². The summed E-state index contributed by atoms with van der Waals surface area (Å²) in [5.41, 5.74) is 0. The van der Waals surface area contributed by atoms with Crippen molar-refractivity contribution in [1.82, 2.24) is 0 Å². The van der Waals surface area contributed by atoms with E-state index in [2.05, 4.69) is 58.9 Å². The third-order valence-corrected chi connectivity index (χ3v) is 18.4. The molecule has 0 aliphatic heterocycles.